The molecule has 1 aromatic heterocycles. The number of rotatable bonds is 9. The van der Waals surface area contributed by atoms with Crippen LogP contribution < -0.4 is 10.1 Å². The number of carbonyl (C=O) groups excluding carboxylic acids is 2. The molecule has 10 heteroatoms. The van der Waals surface area contributed by atoms with Crippen LogP contribution in [0, 0.1) is 0 Å². The molecule has 1 amide bonds. The van der Waals surface area contributed by atoms with Crippen LogP contribution in [0.2, 0.25) is 0 Å². The van der Waals surface area contributed by atoms with Crippen molar-refractivity contribution in [3.8, 4) is 16.3 Å². The molecule has 38 heavy (non-hydrogen) atoms. The number of sulfone groups is 1. The molecule has 1 aliphatic heterocycles. The number of nitrogens with one attached hydrogen (secondary N) is 1. The standard InChI is InChI=1S/C28H31N3O5S2/c1-18-19(2)38(34,35)26-11-8-21(14-22(26)15-25(18)32)27(33)29-16-24-17-30-28(37-24)20-6-9-23(10-7-20)36-13-5-12-31(3)4/h6-11,14,17H,5,12-13,15-16H2,1-4H3,(H,29,33). The number of nitrogens with zero attached hydrogens (tertiary/aromatic N) is 2. The Morgan fingerprint density at radius 3 is 2.58 bits per heavy atom. The Morgan fingerprint density at radius 2 is 1.87 bits per heavy atom. The number of amides is 1. The topological polar surface area (TPSA) is 106 Å². The number of ether oxygens (including phenoxy) is 1. The van der Waals surface area contributed by atoms with E-state index in [2.05, 4.69) is 15.2 Å². The molecule has 0 fully saturated rings. The second-order valence-corrected chi connectivity index (χ2v) is 12.6. The van der Waals surface area contributed by atoms with Crippen molar-refractivity contribution in [2.45, 2.75) is 38.1 Å². The number of fused-ring (bicyclic) bond motifs is 1. The zero-order valence-corrected chi connectivity index (χ0v) is 23.5. The van der Waals surface area contributed by atoms with Gasteiger partial charge >= 0.3 is 0 Å². The maximum Gasteiger partial charge on any atom is 0.251 e. The van der Waals surface area contributed by atoms with E-state index in [-0.39, 0.29) is 40.0 Å². The van der Waals surface area contributed by atoms with Crippen LogP contribution >= 0.6 is 11.3 Å². The summed E-state index contributed by atoms with van der Waals surface area (Å²) in [5, 5.41) is 3.69. The first kappa shape index (κ1) is 27.7. The minimum atomic E-state index is -3.76. The highest BCUT2D eigenvalue weighted by atomic mass is 32.2. The maximum atomic E-state index is 12.9. The first-order valence-corrected chi connectivity index (χ1v) is 14.6. The molecule has 8 nitrogen and oxygen atoms in total. The molecule has 200 valence electrons. The third-order valence-corrected chi connectivity index (χ3v) is 9.55. The van der Waals surface area contributed by atoms with Crippen LogP contribution in [-0.2, 0) is 27.6 Å². The number of hydrogen-bond acceptors (Lipinski definition) is 8. The van der Waals surface area contributed by atoms with Gasteiger partial charge in [0.05, 0.1) is 23.0 Å². The van der Waals surface area contributed by atoms with E-state index in [9.17, 15) is 18.0 Å². The number of allylic oxidation sites excluding steroid dienone is 2. The van der Waals surface area contributed by atoms with E-state index in [0.717, 1.165) is 34.2 Å². The van der Waals surface area contributed by atoms with Gasteiger partial charge in [0.25, 0.3) is 5.91 Å². The van der Waals surface area contributed by atoms with Crippen LogP contribution in [0.15, 0.2) is 64.0 Å². The van der Waals surface area contributed by atoms with E-state index in [4.69, 9.17) is 4.74 Å². The lowest BCUT2D eigenvalue weighted by atomic mass is 10.0. The molecule has 0 atom stereocenters. The fourth-order valence-electron chi connectivity index (χ4n) is 4.05. The Kier molecular flexibility index (Phi) is 8.44. The zero-order valence-electron chi connectivity index (χ0n) is 21.9. The second kappa shape index (κ2) is 11.6. The lowest BCUT2D eigenvalue weighted by molar-refractivity contribution is -0.114. The highest BCUT2D eigenvalue weighted by Crippen LogP contribution is 2.31. The van der Waals surface area contributed by atoms with Gasteiger partial charge in [-0.05, 0) is 82.4 Å². The third kappa shape index (κ3) is 6.20. The Hall–Kier alpha value is -3.34. The molecule has 0 saturated carbocycles. The summed E-state index contributed by atoms with van der Waals surface area (Å²) in [6, 6.07) is 12.2. The molecule has 0 saturated heterocycles. The summed E-state index contributed by atoms with van der Waals surface area (Å²) in [6.45, 7) is 4.87. The first-order valence-electron chi connectivity index (χ1n) is 12.3. The number of ketones is 1. The first-order chi connectivity index (χ1) is 18.1. The number of Topliss-reactive ketones (excluding diaryl/α,β-unsaturated/α-hetero) is 1. The normalized spacial score (nSPS) is 14.8. The summed E-state index contributed by atoms with van der Waals surface area (Å²) < 4.78 is 31.5. The highest BCUT2D eigenvalue weighted by Gasteiger charge is 2.29. The molecule has 1 aliphatic rings. The lowest BCUT2D eigenvalue weighted by Crippen LogP contribution is -2.22. The van der Waals surface area contributed by atoms with Crippen molar-refractivity contribution < 1.29 is 22.7 Å². The lowest BCUT2D eigenvalue weighted by Gasteiger charge is -2.10. The highest BCUT2D eigenvalue weighted by molar-refractivity contribution is 7.95. The van der Waals surface area contributed by atoms with Crippen molar-refractivity contribution in [2.24, 2.45) is 0 Å². The van der Waals surface area contributed by atoms with Crippen molar-refractivity contribution in [1.82, 2.24) is 15.2 Å². The van der Waals surface area contributed by atoms with Crippen LogP contribution in [0.5, 0.6) is 5.75 Å². The van der Waals surface area contributed by atoms with Crippen LogP contribution in [0.1, 0.15) is 41.1 Å². The molecular formula is C28H31N3O5S2. The summed E-state index contributed by atoms with van der Waals surface area (Å²) >= 11 is 1.48. The average molecular weight is 554 g/mol. The molecule has 3 aromatic rings. The minimum Gasteiger partial charge on any atom is -0.494 e. The van der Waals surface area contributed by atoms with Crippen LogP contribution in [0.4, 0.5) is 0 Å². The number of hydrogen-bond donors (Lipinski definition) is 1. The summed E-state index contributed by atoms with van der Waals surface area (Å²) in [4.78, 5) is 32.9. The Balaban J connectivity index is 1.38. The van der Waals surface area contributed by atoms with E-state index in [1.54, 1.807) is 6.20 Å². The fourth-order valence-corrected chi connectivity index (χ4v) is 6.47. The molecule has 0 radical (unpaired) electrons. The third-order valence-electron chi connectivity index (χ3n) is 6.41. The predicted molar refractivity (Wildman–Crippen MR) is 148 cm³/mol. The molecular weight excluding hydrogens is 522 g/mol. The van der Waals surface area contributed by atoms with Gasteiger partial charge in [-0.1, -0.05) is 0 Å². The predicted octanol–water partition coefficient (Wildman–Crippen LogP) is 4.26. The molecule has 2 heterocycles. The number of aromatic nitrogens is 1. The maximum absolute atomic E-state index is 12.9. The average Bonchev–Trinajstić information content (AvgIpc) is 3.36. The van der Waals surface area contributed by atoms with Gasteiger partial charge in [0, 0.05) is 40.7 Å². The van der Waals surface area contributed by atoms with Gasteiger partial charge in [-0.25, -0.2) is 13.4 Å². The fraction of sp³-hybridized carbons (Fsp3) is 0.321. The SMILES string of the molecule is CC1=C(C)S(=O)(=O)c2ccc(C(=O)NCc3cnc(-c4ccc(OCCCN(C)C)cc4)s3)cc2CC1=O. The van der Waals surface area contributed by atoms with E-state index >= 15 is 0 Å². The van der Waals surface area contributed by atoms with E-state index in [1.165, 1.54) is 43.4 Å². The van der Waals surface area contributed by atoms with Crippen molar-refractivity contribution in [3.05, 3.63) is 75.1 Å². The van der Waals surface area contributed by atoms with Gasteiger partial charge in [-0.2, -0.15) is 0 Å². The molecule has 0 bridgehead atoms. The molecule has 1 N–H and O–H groups in total. The van der Waals surface area contributed by atoms with Gasteiger partial charge in [0.15, 0.2) is 5.78 Å². The van der Waals surface area contributed by atoms with E-state index in [0.29, 0.717) is 17.7 Å². The Morgan fingerprint density at radius 1 is 1.13 bits per heavy atom. The van der Waals surface area contributed by atoms with Crippen molar-refractivity contribution >= 4 is 32.9 Å². The van der Waals surface area contributed by atoms with Gasteiger partial charge < -0.3 is 15.0 Å². The van der Waals surface area contributed by atoms with Gasteiger partial charge in [0.2, 0.25) is 9.84 Å². The molecule has 2 aromatic carbocycles. The van der Waals surface area contributed by atoms with Crippen molar-refractivity contribution in [3.63, 3.8) is 0 Å². The summed E-state index contributed by atoms with van der Waals surface area (Å²) in [7, 11) is 0.311. The van der Waals surface area contributed by atoms with Crippen molar-refractivity contribution in [2.75, 3.05) is 27.2 Å². The molecule has 0 aliphatic carbocycles. The smallest absolute Gasteiger partial charge is 0.251 e. The summed E-state index contributed by atoms with van der Waals surface area (Å²) in [5.41, 5.74) is 1.83. The monoisotopic (exact) mass is 553 g/mol. The largest absolute Gasteiger partial charge is 0.494 e. The second-order valence-electron chi connectivity index (χ2n) is 9.45. The zero-order chi connectivity index (χ0) is 27.4. The Labute approximate surface area is 227 Å². The van der Waals surface area contributed by atoms with Gasteiger partial charge in [-0.3, -0.25) is 9.59 Å². The number of benzene rings is 2. The quantitative estimate of drug-likeness (QED) is 0.395. The van der Waals surface area contributed by atoms with Crippen molar-refractivity contribution in [1.29, 1.82) is 0 Å². The number of carbonyl (C=O) groups is 2. The molecule has 4 rings (SSSR count). The van der Waals surface area contributed by atoms with Gasteiger partial charge in [-0.15, -0.1) is 11.3 Å². The van der Waals surface area contributed by atoms with E-state index in [1.807, 2.05) is 38.4 Å². The summed E-state index contributed by atoms with van der Waals surface area (Å²) in [5.74, 6) is 0.199. The minimum absolute atomic E-state index is 0.0571. The molecule has 0 unspecified atom stereocenters. The summed E-state index contributed by atoms with van der Waals surface area (Å²) in [6.07, 6.45) is 2.62. The Bertz CT molecular complexity index is 1490. The van der Waals surface area contributed by atoms with Gasteiger partial charge in [0.1, 0.15) is 10.8 Å². The van der Waals surface area contributed by atoms with Crippen LogP contribution in [0.3, 0.4) is 0 Å². The molecule has 0 spiro atoms. The van der Waals surface area contributed by atoms with Crippen LogP contribution in [-0.4, -0.2) is 57.2 Å². The van der Waals surface area contributed by atoms with E-state index < -0.39 is 9.84 Å². The van der Waals surface area contributed by atoms with Crippen LogP contribution in [0.25, 0.3) is 10.6 Å². The number of thiazole rings is 1.